The third kappa shape index (κ3) is 3.42. The van der Waals surface area contributed by atoms with Crippen LogP contribution in [0.2, 0.25) is 5.15 Å². The second-order valence-electron chi connectivity index (χ2n) is 4.74. The Bertz CT molecular complexity index is 580. The maximum atomic E-state index is 6.14. The Morgan fingerprint density at radius 1 is 1.26 bits per heavy atom. The first-order valence-electron chi connectivity index (χ1n) is 6.16. The van der Waals surface area contributed by atoms with Gasteiger partial charge in [-0.1, -0.05) is 25.4 Å². The highest BCUT2D eigenvalue weighted by molar-refractivity contribution is 7.09. The predicted octanol–water partition coefficient (Wildman–Crippen LogP) is 3.94. The van der Waals surface area contributed by atoms with Crippen LogP contribution in [-0.4, -0.2) is 15.0 Å². The van der Waals surface area contributed by atoms with E-state index in [-0.39, 0.29) is 5.92 Å². The Kier molecular flexibility index (Phi) is 4.37. The minimum absolute atomic E-state index is 0.251. The largest absolute Gasteiger partial charge is 0.363 e. The molecule has 4 nitrogen and oxygen atoms in total. The second kappa shape index (κ2) is 5.84. The van der Waals surface area contributed by atoms with E-state index in [1.54, 1.807) is 11.3 Å². The average Bonchev–Trinajstić information content (AvgIpc) is 2.76. The van der Waals surface area contributed by atoms with Gasteiger partial charge in [-0.3, -0.25) is 0 Å². The minimum atomic E-state index is 0.251. The second-order valence-corrected chi connectivity index (χ2v) is 6.04. The molecule has 0 spiro atoms. The zero-order chi connectivity index (χ0) is 14.0. The zero-order valence-electron chi connectivity index (χ0n) is 11.5. The maximum Gasteiger partial charge on any atom is 0.137 e. The van der Waals surface area contributed by atoms with E-state index in [4.69, 9.17) is 11.6 Å². The Morgan fingerprint density at radius 3 is 2.58 bits per heavy atom. The molecule has 0 saturated heterocycles. The van der Waals surface area contributed by atoms with Crippen molar-refractivity contribution >= 4 is 28.8 Å². The summed E-state index contributed by atoms with van der Waals surface area (Å²) in [6.07, 6.45) is 0. The van der Waals surface area contributed by atoms with E-state index in [0.29, 0.717) is 11.7 Å². The van der Waals surface area contributed by atoms with Crippen molar-refractivity contribution < 1.29 is 0 Å². The van der Waals surface area contributed by atoms with Crippen molar-refractivity contribution in [2.75, 3.05) is 5.32 Å². The molecular formula is C13H17ClN4S. The van der Waals surface area contributed by atoms with Gasteiger partial charge in [-0.2, -0.15) is 0 Å². The van der Waals surface area contributed by atoms with E-state index in [9.17, 15) is 0 Å². The van der Waals surface area contributed by atoms with E-state index >= 15 is 0 Å². The number of hydrogen-bond acceptors (Lipinski definition) is 5. The quantitative estimate of drug-likeness (QED) is 0.868. The molecule has 2 aromatic rings. The smallest absolute Gasteiger partial charge is 0.137 e. The molecule has 102 valence electrons. The van der Waals surface area contributed by atoms with E-state index in [1.165, 1.54) is 0 Å². The fraction of sp³-hybridized carbons (Fsp3) is 0.462. The molecule has 0 aromatic carbocycles. The highest BCUT2D eigenvalue weighted by atomic mass is 35.5. The summed E-state index contributed by atoms with van der Waals surface area (Å²) >= 11 is 7.78. The first-order valence-corrected chi connectivity index (χ1v) is 7.42. The molecule has 0 amide bonds. The molecule has 2 heterocycles. The summed E-state index contributed by atoms with van der Waals surface area (Å²) in [5.74, 6) is 1.80. The Balaban J connectivity index is 2.19. The van der Waals surface area contributed by atoms with Gasteiger partial charge in [-0.25, -0.2) is 15.0 Å². The van der Waals surface area contributed by atoms with Crippen LogP contribution in [0, 0.1) is 13.8 Å². The monoisotopic (exact) mass is 296 g/mol. The van der Waals surface area contributed by atoms with Crippen LogP contribution in [0.1, 0.15) is 41.9 Å². The molecule has 0 aliphatic rings. The number of thiazole rings is 1. The average molecular weight is 297 g/mol. The lowest BCUT2D eigenvalue weighted by Gasteiger charge is -2.12. The van der Waals surface area contributed by atoms with E-state index in [1.807, 2.05) is 19.2 Å². The summed E-state index contributed by atoms with van der Waals surface area (Å²) in [6.45, 7) is 8.67. The third-order valence-corrected chi connectivity index (χ3v) is 4.03. The van der Waals surface area contributed by atoms with Gasteiger partial charge in [0.25, 0.3) is 0 Å². The number of rotatable bonds is 4. The van der Waals surface area contributed by atoms with Crippen molar-refractivity contribution in [1.82, 2.24) is 15.0 Å². The Hall–Kier alpha value is -1.20. The number of halogens is 1. The molecule has 0 fully saturated rings. The van der Waals surface area contributed by atoms with Gasteiger partial charge in [0.1, 0.15) is 21.8 Å². The number of nitrogens with zero attached hydrogens (tertiary/aromatic N) is 3. The lowest BCUT2D eigenvalue weighted by Crippen LogP contribution is -2.08. The van der Waals surface area contributed by atoms with Gasteiger partial charge < -0.3 is 5.32 Å². The van der Waals surface area contributed by atoms with Crippen LogP contribution in [0.25, 0.3) is 0 Å². The van der Waals surface area contributed by atoms with Gasteiger partial charge in [0.2, 0.25) is 0 Å². The lowest BCUT2D eigenvalue weighted by atomic mass is 10.2. The molecule has 2 rings (SSSR count). The van der Waals surface area contributed by atoms with Crippen molar-refractivity contribution in [3.8, 4) is 0 Å². The van der Waals surface area contributed by atoms with Gasteiger partial charge >= 0.3 is 0 Å². The number of hydrogen-bond donors (Lipinski definition) is 1. The summed E-state index contributed by atoms with van der Waals surface area (Å²) < 4.78 is 0. The molecule has 0 bridgehead atoms. The fourth-order valence-electron chi connectivity index (χ4n) is 1.58. The van der Waals surface area contributed by atoms with Crippen molar-refractivity contribution in [1.29, 1.82) is 0 Å². The molecule has 1 N–H and O–H groups in total. The third-order valence-electron chi connectivity index (χ3n) is 2.69. The number of anilines is 1. The maximum absolute atomic E-state index is 6.14. The van der Waals surface area contributed by atoms with Crippen molar-refractivity contribution in [2.24, 2.45) is 0 Å². The van der Waals surface area contributed by atoms with Crippen molar-refractivity contribution in [3.05, 3.63) is 32.6 Å². The molecule has 2 aromatic heterocycles. The summed E-state index contributed by atoms with van der Waals surface area (Å²) in [7, 11) is 0. The summed E-state index contributed by atoms with van der Waals surface area (Å²) in [5, 5.41) is 6.88. The van der Waals surface area contributed by atoms with Crippen molar-refractivity contribution in [3.63, 3.8) is 0 Å². The fourth-order valence-corrected chi connectivity index (χ4v) is 2.47. The molecule has 0 unspecified atom stereocenters. The SMILES string of the molecule is Cc1csc(CNc2nc(C(C)C)nc(Cl)c2C)n1. The van der Waals surface area contributed by atoms with Crippen LogP contribution in [-0.2, 0) is 6.54 Å². The zero-order valence-corrected chi connectivity index (χ0v) is 13.1. The van der Waals surface area contributed by atoms with Gasteiger partial charge in [0.05, 0.1) is 6.54 Å². The predicted molar refractivity (Wildman–Crippen MR) is 80.0 cm³/mol. The Labute approximate surface area is 122 Å². The summed E-state index contributed by atoms with van der Waals surface area (Å²) in [4.78, 5) is 13.2. The van der Waals surface area contributed by atoms with Crippen molar-refractivity contribution in [2.45, 2.75) is 40.2 Å². The Morgan fingerprint density at radius 2 is 2.00 bits per heavy atom. The molecule has 19 heavy (non-hydrogen) atoms. The highest BCUT2D eigenvalue weighted by Gasteiger charge is 2.12. The van der Waals surface area contributed by atoms with Gasteiger partial charge in [0.15, 0.2) is 0 Å². The van der Waals surface area contributed by atoms with Crippen LogP contribution < -0.4 is 5.32 Å². The van der Waals surface area contributed by atoms with Crippen LogP contribution in [0.4, 0.5) is 5.82 Å². The molecule has 0 radical (unpaired) electrons. The molecule has 6 heteroatoms. The van der Waals surface area contributed by atoms with Crippen LogP contribution in [0.5, 0.6) is 0 Å². The number of aryl methyl sites for hydroxylation is 1. The molecule has 0 aliphatic heterocycles. The van der Waals surface area contributed by atoms with E-state index in [0.717, 1.165) is 27.9 Å². The van der Waals surface area contributed by atoms with E-state index in [2.05, 4.69) is 34.1 Å². The summed E-state index contributed by atoms with van der Waals surface area (Å²) in [5.41, 5.74) is 1.92. The number of aromatic nitrogens is 3. The first kappa shape index (κ1) is 14.2. The normalized spacial score (nSPS) is 11.1. The van der Waals surface area contributed by atoms with E-state index < -0.39 is 0 Å². The molecule has 0 atom stereocenters. The van der Waals surface area contributed by atoms with Gasteiger partial charge in [-0.05, 0) is 13.8 Å². The van der Waals surface area contributed by atoms with Crippen LogP contribution >= 0.6 is 22.9 Å². The van der Waals surface area contributed by atoms with Crippen LogP contribution in [0.15, 0.2) is 5.38 Å². The van der Waals surface area contributed by atoms with Gasteiger partial charge in [0, 0.05) is 22.6 Å². The lowest BCUT2D eigenvalue weighted by molar-refractivity contribution is 0.771. The molecule has 0 saturated carbocycles. The van der Waals surface area contributed by atoms with Gasteiger partial charge in [-0.15, -0.1) is 11.3 Å². The minimum Gasteiger partial charge on any atom is -0.363 e. The topological polar surface area (TPSA) is 50.7 Å². The molecule has 0 aliphatic carbocycles. The number of nitrogens with one attached hydrogen (secondary N) is 1. The molecular weight excluding hydrogens is 280 g/mol. The highest BCUT2D eigenvalue weighted by Crippen LogP contribution is 2.23. The summed E-state index contributed by atoms with van der Waals surface area (Å²) in [6, 6.07) is 0. The first-order chi connectivity index (χ1) is 8.97. The van der Waals surface area contributed by atoms with Crippen LogP contribution in [0.3, 0.4) is 0 Å². The standard InChI is InChI=1S/C13H17ClN4S/c1-7(2)12-17-11(14)9(4)13(18-12)15-5-10-16-8(3)6-19-10/h6-7H,5H2,1-4H3,(H,15,17,18).